The largest absolute Gasteiger partial charge is 0.490 e. The molecule has 0 aromatic heterocycles. The Kier molecular flexibility index (Phi) is 10.5. The number of halogens is 1. The third kappa shape index (κ3) is 8.26. The van der Waals surface area contributed by atoms with Gasteiger partial charge in [-0.1, -0.05) is 25.1 Å². The van der Waals surface area contributed by atoms with E-state index in [0.29, 0.717) is 0 Å². The molecule has 0 bridgehead atoms. The lowest BCUT2D eigenvalue weighted by Gasteiger charge is -2.27. The number of rotatable bonds is 9. The Bertz CT molecular complexity index is 912. The quantitative estimate of drug-likeness (QED) is 0.215. The highest BCUT2D eigenvalue weighted by Crippen LogP contribution is 2.29. The fourth-order valence-corrected chi connectivity index (χ4v) is 3.89. The van der Waals surface area contributed by atoms with Crippen LogP contribution in [0.1, 0.15) is 62.3 Å². The van der Waals surface area contributed by atoms with Crippen LogP contribution >= 0.6 is 12.4 Å². The first-order valence-corrected chi connectivity index (χ1v) is 11.2. The number of esters is 1. The molecular weight excluding hydrogens is 442 g/mol. The van der Waals surface area contributed by atoms with Gasteiger partial charge in [0.25, 0.3) is 0 Å². The first-order chi connectivity index (χ1) is 15.5. The number of nitrogens with one attached hydrogen (secondary N) is 1. The number of aliphatic hydroxyl groups is 1. The third-order valence-electron chi connectivity index (χ3n) is 5.67. The SMILES string of the molecule is CCc1cc(OC2CCC(O)CC2)cc(C(COC(C)=O)Nc2ccc(C=NN)cc2)c1.Cl. The zero-order chi connectivity index (χ0) is 22.9. The smallest absolute Gasteiger partial charge is 0.302 e. The maximum absolute atomic E-state index is 11.5. The average Bonchev–Trinajstić information content (AvgIpc) is 2.79. The molecule has 0 radical (unpaired) electrons. The number of anilines is 1. The van der Waals surface area contributed by atoms with Crippen LogP contribution in [0.3, 0.4) is 0 Å². The molecule has 1 aliphatic carbocycles. The fraction of sp³-hybridized carbons (Fsp3) is 0.440. The molecule has 0 aliphatic heterocycles. The van der Waals surface area contributed by atoms with Crippen molar-refractivity contribution in [1.29, 1.82) is 0 Å². The van der Waals surface area contributed by atoms with Gasteiger partial charge in [-0.05, 0) is 73.1 Å². The Morgan fingerprint density at radius 3 is 2.52 bits per heavy atom. The van der Waals surface area contributed by atoms with Crippen LogP contribution in [0.5, 0.6) is 5.75 Å². The molecule has 8 heteroatoms. The van der Waals surface area contributed by atoms with Gasteiger partial charge in [-0.15, -0.1) is 12.4 Å². The van der Waals surface area contributed by atoms with Gasteiger partial charge in [0.05, 0.1) is 24.5 Å². The number of hydrazone groups is 1. The van der Waals surface area contributed by atoms with E-state index in [0.717, 1.165) is 60.2 Å². The summed E-state index contributed by atoms with van der Waals surface area (Å²) in [7, 11) is 0. The molecule has 1 atom stereocenters. The van der Waals surface area contributed by atoms with Crippen LogP contribution in [0.15, 0.2) is 47.6 Å². The van der Waals surface area contributed by atoms with Crippen LogP contribution in [-0.4, -0.2) is 36.1 Å². The van der Waals surface area contributed by atoms with Gasteiger partial charge < -0.3 is 25.7 Å². The highest BCUT2D eigenvalue weighted by atomic mass is 35.5. The zero-order valence-corrected chi connectivity index (χ0v) is 20.0. The molecule has 1 aliphatic rings. The van der Waals surface area contributed by atoms with Gasteiger partial charge in [-0.2, -0.15) is 5.10 Å². The number of aryl methyl sites for hydroxylation is 1. The number of benzene rings is 2. The van der Waals surface area contributed by atoms with Crippen molar-refractivity contribution in [2.24, 2.45) is 10.9 Å². The molecule has 3 rings (SSSR count). The molecule has 1 fully saturated rings. The molecule has 0 amide bonds. The molecule has 2 aromatic carbocycles. The fourth-order valence-electron chi connectivity index (χ4n) is 3.89. The van der Waals surface area contributed by atoms with Crippen molar-refractivity contribution in [2.45, 2.75) is 64.2 Å². The predicted octanol–water partition coefficient (Wildman–Crippen LogP) is 4.36. The second-order valence-corrected chi connectivity index (χ2v) is 8.21. The summed E-state index contributed by atoms with van der Waals surface area (Å²) < 4.78 is 11.6. The number of carbonyl (C=O) groups excluding carboxylic acids is 1. The minimum Gasteiger partial charge on any atom is -0.490 e. The summed E-state index contributed by atoms with van der Waals surface area (Å²) in [5, 5.41) is 16.8. The topological polar surface area (TPSA) is 106 Å². The molecular formula is C25H34ClN3O4. The van der Waals surface area contributed by atoms with E-state index in [2.05, 4.69) is 29.5 Å². The predicted molar refractivity (Wildman–Crippen MR) is 133 cm³/mol. The Labute approximate surface area is 201 Å². The Balaban J connectivity index is 0.00000385. The van der Waals surface area contributed by atoms with Crippen molar-refractivity contribution in [1.82, 2.24) is 0 Å². The number of nitrogens with two attached hydrogens (primary N) is 1. The molecule has 0 heterocycles. The second-order valence-electron chi connectivity index (χ2n) is 8.21. The van der Waals surface area contributed by atoms with E-state index in [1.165, 1.54) is 6.92 Å². The minimum absolute atomic E-state index is 0. The standard InChI is InChI=1S/C25H33N3O4.ClH/c1-3-18-12-20(14-24(13-18)32-23-10-8-22(30)9-11-23)25(16-31-17(2)29)28-21-6-4-19(5-7-21)15-27-26;/h4-7,12-15,22-23,25,28,30H,3,8-11,16,26H2,1-2H3;1H. The second kappa shape index (κ2) is 13.1. The van der Waals surface area contributed by atoms with Gasteiger partial charge >= 0.3 is 5.97 Å². The molecule has 180 valence electrons. The van der Waals surface area contributed by atoms with E-state index < -0.39 is 0 Å². The normalized spacial score (nSPS) is 18.9. The summed E-state index contributed by atoms with van der Waals surface area (Å²) in [5.74, 6) is 5.71. The number of ether oxygens (including phenoxy) is 2. The number of hydrogen-bond acceptors (Lipinski definition) is 7. The first-order valence-electron chi connectivity index (χ1n) is 11.2. The molecule has 4 N–H and O–H groups in total. The van der Waals surface area contributed by atoms with Crippen molar-refractivity contribution >= 4 is 30.3 Å². The van der Waals surface area contributed by atoms with Gasteiger partial charge in [-0.3, -0.25) is 4.79 Å². The van der Waals surface area contributed by atoms with Crippen molar-refractivity contribution < 1.29 is 19.4 Å². The van der Waals surface area contributed by atoms with Crippen LogP contribution in [-0.2, 0) is 16.0 Å². The van der Waals surface area contributed by atoms with Crippen LogP contribution < -0.4 is 15.9 Å². The molecule has 7 nitrogen and oxygen atoms in total. The Morgan fingerprint density at radius 1 is 1.21 bits per heavy atom. The lowest BCUT2D eigenvalue weighted by molar-refractivity contribution is -0.141. The molecule has 2 aromatic rings. The first kappa shape index (κ1) is 26.5. The van der Waals surface area contributed by atoms with Gasteiger partial charge in [0.15, 0.2) is 0 Å². The third-order valence-corrected chi connectivity index (χ3v) is 5.67. The van der Waals surface area contributed by atoms with Crippen molar-refractivity contribution in [3.8, 4) is 5.75 Å². The van der Waals surface area contributed by atoms with E-state index in [4.69, 9.17) is 15.3 Å². The highest BCUT2D eigenvalue weighted by molar-refractivity contribution is 5.85. The lowest BCUT2D eigenvalue weighted by atomic mass is 9.95. The minimum atomic E-state index is -0.324. The molecule has 0 saturated heterocycles. The monoisotopic (exact) mass is 475 g/mol. The summed E-state index contributed by atoms with van der Waals surface area (Å²) >= 11 is 0. The van der Waals surface area contributed by atoms with Crippen LogP contribution in [0.4, 0.5) is 5.69 Å². The average molecular weight is 476 g/mol. The molecule has 0 spiro atoms. The lowest BCUT2D eigenvalue weighted by Crippen LogP contribution is -2.26. The zero-order valence-electron chi connectivity index (χ0n) is 19.2. The summed E-state index contributed by atoms with van der Waals surface area (Å²) in [5.41, 5.74) is 3.93. The van der Waals surface area contributed by atoms with Crippen molar-refractivity contribution in [2.75, 3.05) is 11.9 Å². The van der Waals surface area contributed by atoms with Gasteiger partial charge in [0.1, 0.15) is 12.4 Å². The van der Waals surface area contributed by atoms with Gasteiger partial charge in [-0.25, -0.2) is 0 Å². The summed E-state index contributed by atoms with van der Waals surface area (Å²) in [6.07, 6.45) is 5.57. The molecule has 1 saturated carbocycles. The van der Waals surface area contributed by atoms with E-state index in [1.54, 1.807) is 6.21 Å². The van der Waals surface area contributed by atoms with E-state index in [-0.39, 0.29) is 43.2 Å². The molecule has 1 unspecified atom stereocenters. The maximum atomic E-state index is 11.5. The van der Waals surface area contributed by atoms with Crippen LogP contribution in [0, 0.1) is 0 Å². The van der Waals surface area contributed by atoms with E-state index in [9.17, 15) is 9.90 Å². The number of hydrogen-bond donors (Lipinski definition) is 3. The van der Waals surface area contributed by atoms with Crippen molar-refractivity contribution in [3.05, 3.63) is 59.2 Å². The number of nitrogens with zero attached hydrogens (tertiary/aromatic N) is 1. The van der Waals surface area contributed by atoms with Gasteiger partial charge in [0.2, 0.25) is 0 Å². The van der Waals surface area contributed by atoms with Crippen LogP contribution in [0.25, 0.3) is 0 Å². The highest BCUT2D eigenvalue weighted by Gasteiger charge is 2.22. The summed E-state index contributed by atoms with van der Waals surface area (Å²) in [4.78, 5) is 11.5. The van der Waals surface area contributed by atoms with Gasteiger partial charge in [0, 0.05) is 12.6 Å². The number of aliphatic hydroxyl groups excluding tert-OH is 1. The van der Waals surface area contributed by atoms with E-state index >= 15 is 0 Å². The van der Waals surface area contributed by atoms with E-state index in [1.807, 2.05) is 30.3 Å². The molecule has 33 heavy (non-hydrogen) atoms. The van der Waals surface area contributed by atoms with Crippen molar-refractivity contribution in [3.63, 3.8) is 0 Å². The Hall–Kier alpha value is -2.77. The number of carbonyl (C=O) groups is 1. The van der Waals surface area contributed by atoms with Crippen LogP contribution in [0.2, 0.25) is 0 Å². The maximum Gasteiger partial charge on any atom is 0.302 e. The summed E-state index contributed by atoms with van der Waals surface area (Å²) in [6, 6.07) is 13.7. The Morgan fingerprint density at radius 2 is 1.91 bits per heavy atom. The summed E-state index contributed by atoms with van der Waals surface area (Å²) in [6.45, 7) is 3.71.